The number of hydrogen-bond donors (Lipinski definition) is 1. The van der Waals surface area contributed by atoms with Crippen molar-refractivity contribution < 1.29 is 27.0 Å². The summed E-state index contributed by atoms with van der Waals surface area (Å²) in [7, 11) is 0. The smallest absolute Gasteiger partial charge is 0.303 e. The summed E-state index contributed by atoms with van der Waals surface area (Å²) in [5, 5.41) is 8.52. The minimum atomic E-state index is -0.653. The van der Waals surface area contributed by atoms with Gasteiger partial charge in [0.2, 0.25) is 0 Å². The van der Waals surface area contributed by atoms with Crippen molar-refractivity contribution in [3.63, 3.8) is 0 Å². The first kappa shape index (κ1) is 38.8. The summed E-state index contributed by atoms with van der Waals surface area (Å²) in [6, 6.07) is 24.4. The third-order valence-corrected chi connectivity index (χ3v) is 8.06. The fourth-order valence-electron chi connectivity index (χ4n) is 5.38. The number of carboxylic acid groups (broad SMARTS) is 1. The Morgan fingerprint density at radius 1 is 0.565 bits per heavy atom. The summed E-state index contributed by atoms with van der Waals surface area (Å²) < 4.78 is 0. The van der Waals surface area contributed by atoms with Gasteiger partial charge in [-0.3, -0.25) is 14.8 Å². The van der Waals surface area contributed by atoms with E-state index in [9.17, 15) is 4.79 Å². The maximum atomic E-state index is 10.3. The summed E-state index contributed by atoms with van der Waals surface area (Å²) in [4.78, 5) is 24.0. The standard InChI is InChI=1S/C22H17N3.C18H36O2.Mn/c1-16-8-10-17(11-9-16)18-14-21(19-6-2-4-12-23-19)25-22(15-18)20-7-3-5-13-24-20;1-2-3-4-5-6-7-8-9-10-11-12-13-14-15-16-17-18(19)20;/h2-15H,1H3;2-17H2,1H3,(H,19,20);. The Balaban J connectivity index is 0.000000323. The van der Waals surface area contributed by atoms with Gasteiger partial charge in [-0.1, -0.05) is 139 Å². The molecule has 0 spiro atoms. The van der Waals surface area contributed by atoms with Crippen LogP contribution in [0, 0.1) is 6.92 Å². The van der Waals surface area contributed by atoms with Crippen LogP contribution in [0.25, 0.3) is 33.9 Å². The van der Waals surface area contributed by atoms with E-state index in [0.29, 0.717) is 6.42 Å². The first-order valence-corrected chi connectivity index (χ1v) is 17.2. The van der Waals surface area contributed by atoms with Gasteiger partial charge in [-0.25, -0.2) is 4.98 Å². The van der Waals surface area contributed by atoms with E-state index in [1.54, 1.807) is 12.4 Å². The number of aromatic nitrogens is 3. The third-order valence-electron chi connectivity index (χ3n) is 8.06. The minimum absolute atomic E-state index is 0. The Kier molecular flexibility index (Phi) is 20.2. The first-order chi connectivity index (χ1) is 22.1. The van der Waals surface area contributed by atoms with E-state index in [1.807, 2.05) is 36.4 Å². The Morgan fingerprint density at radius 3 is 1.39 bits per heavy atom. The molecular weight excluding hydrogens is 609 g/mol. The number of nitrogens with zero attached hydrogens (tertiary/aromatic N) is 3. The largest absolute Gasteiger partial charge is 0.481 e. The molecule has 0 saturated carbocycles. The molecule has 0 aliphatic carbocycles. The molecule has 3 aromatic heterocycles. The third kappa shape index (κ3) is 15.8. The summed E-state index contributed by atoms with van der Waals surface area (Å²) >= 11 is 0. The average molecular weight is 663 g/mol. The molecule has 0 saturated heterocycles. The maximum Gasteiger partial charge on any atom is 0.303 e. The molecule has 1 radical (unpaired) electrons. The molecule has 0 fully saturated rings. The van der Waals surface area contributed by atoms with E-state index in [-0.39, 0.29) is 17.1 Å². The van der Waals surface area contributed by atoms with Crippen LogP contribution in [0.5, 0.6) is 0 Å². The second-order valence-electron chi connectivity index (χ2n) is 12.0. The molecule has 3 heterocycles. The molecule has 0 aliphatic rings. The zero-order valence-corrected chi connectivity index (χ0v) is 29.2. The Morgan fingerprint density at radius 2 is 1.00 bits per heavy atom. The predicted molar refractivity (Wildman–Crippen MR) is 188 cm³/mol. The molecule has 0 unspecified atom stereocenters. The molecule has 0 bridgehead atoms. The number of rotatable bonds is 19. The number of pyridine rings is 3. The van der Waals surface area contributed by atoms with Crippen molar-refractivity contribution in [1.82, 2.24) is 15.0 Å². The SMILES string of the molecule is CCCCCCCCCCCCCCCCCC(=O)O.Cc1ccc(-c2cc(-c3ccccn3)nc(-c3ccccn3)c2)cc1.[Mn]. The van der Waals surface area contributed by atoms with E-state index in [4.69, 9.17) is 10.1 Å². The molecule has 4 aromatic rings. The van der Waals surface area contributed by atoms with E-state index < -0.39 is 5.97 Å². The number of unbranched alkanes of at least 4 members (excludes halogenated alkanes) is 14. The van der Waals surface area contributed by atoms with Crippen LogP contribution in [0.15, 0.2) is 85.2 Å². The van der Waals surface area contributed by atoms with Gasteiger partial charge in [0.15, 0.2) is 0 Å². The number of carbonyl (C=O) groups is 1. The van der Waals surface area contributed by atoms with Crippen LogP contribution in [0.4, 0.5) is 0 Å². The number of hydrogen-bond acceptors (Lipinski definition) is 4. The quantitative estimate of drug-likeness (QED) is 0.0799. The number of aryl methyl sites for hydroxylation is 1. The van der Waals surface area contributed by atoms with E-state index >= 15 is 0 Å². The van der Waals surface area contributed by atoms with Crippen molar-refractivity contribution >= 4 is 5.97 Å². The van der Waals surface area contributed by atoms with Crippen LogP contribution in [-0.2, 0) is 21.9 Å². The van der Waals surface area contributed by atoms with Crippen molar-refractivity contribution in [2.45, 2.75) is 117 Å². The fourth-order valence-corrected chi connectivity index (χ4v) is 5.38. The second kappa shape index (κ2) is 23.9. The van der Waals surface area contributed by atoms with Gasteiger partial charge in [-0.2, -0.15) is 0 Å². The molecule has 6 heteroatoms. The monoisotopic (exact) mass is 662 g/mol. The molecule has 1 aromatic carbocycles. The van der Waals surface area contributed by atoms with Gasteiger partial charge in [0.25, 0.3) is 0 Å². The van der Waals surface area contributed by atoms with Crippen LogP contribution in [-0.4, -0.2) is 26.0 Å². The van der Waals surface area contributed by atoms with Crippen LogP contribution in [0.1, 0.15) is 115 Å². The Bertz CT molecular complexity index is 1290. The summed E-state index contributed by atoms with van der Waals surface area (Å²) in [6.45, 7) is 4.36. The number of benzene rings is 1. The van der Waals surface area contributed by atoms with Crippen LogP contribution in [0.2, 0.25) is 0 Å². The first-order valence-electron chi connectivity index (χ1n) is 17.2. The molecule has 0 atom stereocenters. The van der Waals surface area contributed by atoms with Crippen molar-refractivity contribution in [2.24, 2.45) is 0 Å². The van der Waals surface area contributed by atoms with Crippen LogP contribution >= 0.6 is 0 Å². The van der Waals surface area contributed by atoms with Gasteiger partial charge in [0, 0.05) is 35.9 Å². The summed E-state index contributed by atoms with van der Waals surface area (Å²) in [5.74, 6) is -0.653. The average Bonchev–Trinajstić information content (AvgIpc) is 3.07. The molecule has 0 aliphatic heterocycles. The fraction of sp³-hybridized carbons (Fsp3) is 0.450. The van der Waals surface area contributed by atoms with Crippen molar-refractivity contribution in [3.05, 3.63) is 90.8 Å². The van der Waals surface area contributed by atoms with Gasteiger partial charge >= 0.3 is 5.97 Å². The van der Waals surface area contributed by atoms with E-state index in [0.717, 1.165) is 46.7 Å². The molecule has 0 amide bonds. The maximum absolute atomic E-state index is 10.3. The van der Waals surface area contributed by atoms with Gasteiger partial charge in [-0.05, 0) is 60.9 Å². The van der Waals surface area contributed by atoms with E-state index in [1.165, 1.54) is 89.0 Å². The molecule has 5 nitrogen and oxygen atoms in total. The van der Waals surface area contributed by atoms with Gasteiger partial charge in [0.1, 0.15) is 0 Å². The zero-order valence-electron chi connectivity index (χ0n) is 28.0. The Labute approximate surface area is 288 Å². The topological polar surface area (TPSA) is 76.0 Å². The normalized spacial score (nSPS) is 10.5. The number of carboxylic acids is 1. The molecule has 1 N–H and O–H groups in total. The summed E-state index contributed by atoms with van der Waals surface area (Å²) in [5.41, 5.74) is 6.91. The molecular formula is C40H53MnN3O2. The van der Waals surface area contributed by atoms with Crippen LogP contribution < -0.4 is 0 Å². The van der Waals surface area contributed by atoms with Crippen molar-refractivity contribution in [1.29, 1.82) is 0 Å². The van der Waals surface area contributed by atoms with Gasteiger partial charge in [-0.15, -0.1) is 0 Å². The zero-order chi connectivity index (χ0) is 32.0. The molecule has 247 valence electrons. The predicted octanol–water partition coefficient (Wildman–Crippen LogP) is 11.5. The van der Waals surface area contributed by atoms with Gasteiger partial charge < -0.3 is 5.11 Å². The van der Waals surface area contributed by atoms with E-state index in [2.05, 4.69) is 60.2 Å². The molecule has 4 rings (SSSR count). The van der Waals surface area contributed by atoms with Crippen molar-refractivity contribution in [3.8, 4) is 33.9 Å². The van der Waals surface area contributed by atoms with Crippen LogP contribution in [0.3, 0.4) is 0 Å². The van der Waals surface area contributed by atoms with Gasteiger partial charge in [0.05, 0.1) is 22.8 Å². The Hall–Kier alpha value is -3.34. The summed E-state index contributed by atoms with van der Waals surface area (Å²) in [6.07, 6.45) is 23.8. The number of aliphatic carboxylic acids is 1. The minimum Gasteiger partial charge on any atom is -0.481 e. The molecule has 46 heavy (non-hydrogen) atoms. The van der Waals surface area contributed by atoms with Crippen molar-refractivity contribution in [2.75, 3.05) is 0 Å². The second-order valence-corrected chi connectivity index (χ2v) is 12.0.